The molecule has 0 N–H and O–H groups in total. The van der Waals surface area contributed by atoms with Crippen molar-refractivity contribution in [3.8, 4) is 11.3 Å². The maximum atomic E-state index is 13.6. The van der Waals surface area contributed by atoms with E-state index in [1.807, 2.05) is 0 Å². The van der Waals surface area contributed by atoms with Gasteiger partial charge in [0.2, 0.25) is 0 Å². The van der Waals surface area contributed by atoms with E-state index in [4.69, 9.17) is 0 Å². The topological polar surface area (TPSA) is 34.9 Å². The minimum Gasteiger partial charge on any atom is -0.296 e. The highest BCUT2D eigenvalue weighted by molar-refractivity contribution is 9.10. The second kappa shape index (κ2) is 4.17. The third-order valence-corrected chi connectivity index (χ3v) is 3.04. The number of aromatic nitrogens is 2. The van der Waals surface area contributed by atoms with E-state index in [2.05, 4.69) is 21.0 Å². The van der Waals surface area contributed by atoms with Gasteiger partial charge in [-0.15, -0.1) is 0 Å². The van der Waals surface area contributed by atoms with E-state index in [0.29, 0.717) is 22.0 Å². The molecule has 2 rings (SSSR count). The highest BCUT2D eigenvalue weighted by Crippen LogP contribution is 2.31. The first-order valence-electron chi connectivity index (χ1n) is 4.57. The van der Waals surface area contributed by atoms with Gasteiger partial charge in [-0.05, 0) is 28.1 Å². The van der Waals surface area contributed by atoms with Crippen molar-refractivity contribution < 1.29 is 9.18 Å². The zero-order chi connectivity index (χ0) is 11.7. The molecule has 0 aliphatic rings. The lowest BCUT2D eigenvalue weighted by Gasteiger charge is -2.03. The zero-order valence-corrected chi connectivity index (χ0v) is 10.0. The molecule has 1 aromatic heterocycles. The Morgan fingerprint density at radius 2 is 2.12 bits per heavy atom. The molecule has 82 valence electrons. The van der Waals surface area contributed by atoms with E-state index in [0.717, 1.165) is 0 Å². The normalized spacial score (nSPS) is 10.4. The van der Waals surface area contributed by atoms with Gasteiger partial charge in [0.15, 0.2) is 6.29 Å². The highest BCUT2D eigenvalue weighted by Gasteiger charge is 2.17. The smallest absolute Gasteiger partial charge is 0.171 e. The lowest BCUT2D eigenvalue weighted by Crippen LogP contribution is -1.95. The van der Waals surface area contributed by atoms with Crippen molar-refractivity contribution in [1.82, 2.24) is 9.78 Å². The Bertz CT molecular complexity index is 551. The molecule has 1 heterocycles. The van der Waals surface area contributed by atoms with Crippen molar-refractivity contribution in [3.63, 3.8) is 0 Å². The van der Waals surface area contributed by atoms with E-state index in [-0.39, 0.29) is 11.5 Å². The van der Waals surface area contributed by atoms with Crippen LogP contribution in [0.3, 0.4) is 0 Å². The molecular weight excluding hydrogens is 275 g/mol. The van der Waals surface area contributed by atoms with Crippen LogP contribution in [0.4, 0.5) is 4.39 Å². The summed E-state index contributed by atoms with van der Waals surface area (Å²) in [5, 5.41) is 3.98. The minimum absolute atomic E-state index is 0.265. The fraction of sp³-hybridized carbons (Fsp3) is 0.0909. The molecule has 0 spiro atoms. The molecule has 0 fully saturated rings. The molecule has 16 heavy (non-hydrogen) atoms. The van der Waals surface area contributed by atoms with E-state index in [1.54, 1.807) is 25.2 Å². The highest BCUT2D eigenvalue weighted by atomic mass is 79.9. The van der Waals surface area contributed by atoms with Crippen molar-refractivity contribution in [2.75, 3.05) is 0 Å². The van der Waals surface area contributed by atoms with Crippen molar-refractivity contribution in [2.45, 2.75) is 0 Å². The number of carbonyl (C=O) groups is 1. The number of hydrogen-bond donors (Lipinski definition) is 0. The average molecular weight is 283 g/mol. The molecule has 5 heteroatoms. The monoisotopic (exact) mass is 282 g/mol. The molecule has 3 nitrogen and oxygen atoms in total. The fourth-order valence-corrected chi connectivity index (χ4v) is 2.18. The zero-order valence-electron chi connectivity index (χ0n) is 8.45. The predicted octanol–water partition coefficient (Wildman–Crippen LogP) is 2.80. The Kier molecular flexibility index (Phi) is 2.87. The molecule has 0 amide bonds. The van der Waals surface area contributed by atoms with Gasteiger partial charge < -0.3 is 0 Å². The standard InChI is InChI=1S/C11H8BrFN2O/c1-15-11(10(12)9(6-16)14-15)7-4-2-3-5-8(7)13/h2-6H,1H3. The predicted molar refractivity (Wildman–Crippen MR) is 61.7 cm³/mol. The van der Waals surface area contributed by atoms with Gasteiger partial charge in [0.25, 0.3) is 0 Å². The lowest BCUT2D eigenvalue weighted by molar-refractivity contribution is 0.111. The number of aldehydes is 1. The number of halogens is 2. The van der Waals surface area contributed by atoms with Gasteiger partial charge >= 0.3 is 0 Å². The maximum absolute atomic E-state index is 13.6. The second-order valence-electron chi connectivity index (χ2n) is 3.27. The third kappa shape index (κ3) is 1.67. The fourth-order valence-electron chi connectivity index (χ4n) is 1.54. The van der Waals surface area contributed by atoms with E-state index in [9.17, 15) is 9.18 Å². The summed E-state index contributed by atoms with van der Waals surface area (Å²) in [4.78, 5) is 10.7. The summed E-state index contributed by atoms with van der Waals surface area (Å²) in [5.74, 6) is -0.344. The molecule has 0 unspecified atom stereocenters. The van der Waals surface area contributed by atoms with Crippen LogP contribution in [0.15, 0.2) is 28.7 Å². The summed E-state index contributed by atoms with van der Waals surface area (Å²) >= 11 is 3.25. The van der Waals surface area contributed by atoms with Crippen LogP contribution in [0.5, 0.6) is 0 Å². The molecule has 0 bridgehead atoms. The number of hydrogen-bond acceptors (Lipinski definition) is 2. The molecular formula is C11H8BrFN2O. The van der Waals surface area contributed by atoms with Gasteiger partial charge in [-0.2, -0.15) is 5.10 Å². The third-order valence-electron chi connectivity index (χ3n) is 2.25. The van der Waals surface area contributed by atoms with Gasteiger partial charge in [-0.25, -0.2) is 4.39 Å². The summed E-state index contributed by atoms with van der Waals surface area (Å²) in [6.07, 6.45) is 0.633. The summed E-state index contributed by atoms with van der Waals surface area (Å²) in [6.45, 7) is 0. The van der Waals surface area contributed by atoms with E-state index < -0.39 is 0 Å². The van der Waals surface area contributed by atoms with Gasteiger partial charge in [-0.1, -0.05) is 12.1 Å². The van der Waals surface area contributed by atoms with Crippen molar-refractivity contribution in [3.05, 3.63) is 40.2 Å². The van der Waals surface area contributed by atoms with Crippen LogP contribution in [-0.2, 0) is 7.05 Å². The first-order chi connectivity index (χ1) is 7.65. The average Bonchev–Trinajstić information content (AvgIpc) is 2.55. The molecule has 1 aromatic carbocycles. The van der Waals surface area contributed by atoms with Gasteiger partial charge in [0.05, 0.1) is 10.2 Å². The second-order valence-corrected chi connectivity index (χ2v) is 4.06. The van der Waals surface area contributed by atoms with Crippen LogP contribution in [0, 0.1) is 5.82 Å². The van der Waals surface area contributed by atoms with Crippen LogP contribution in [0.2, 0.25) is 0 Å². The Morgan fingerprint density at radius 3 is 2.69 bits per heavy atom. The Hall–Kier alpha value is -1.49. The molecule has 2 aromatic rings. The number of nitrogens with zero attached hydrogens (tertiary/aromatic N) is 2. The maximum Gasteiger partial charge on any atom is 0.171 e. The number of benzene rings is 1. The number of rotatable bonds is 2. The number of carbonyl (C=O) groups excluding carboxylic acids is 1. The summed E-state index contributed by atoms with van der Waals surface area (Å²) in [5.41, 5.74) is 1.23. The minimum atomic E-state index is -0.344. The van der Waals surface area contributed by atoms with Crippen molar-refractivity contribution in [2.24, 2.45) is 7.05 Å². The van der Waals surface area contributed by atoms with Crippen LogP contribution in [0.25, 0.3) is 11.3 Å². The summed E-state index contributed by atoms with van der Waals surface area (Å²) in [7, 11) is 1.67. The Balaban J connectivity index is 2.69. The number of aryl methyl sites for hydroxylation is 1. The SMILES string of the molecule is Cn1nc(C=O)c(Br)c1-c1ccccc1F. The van der Waals surface area contributed by atoms with Crippen LogP contribution < -0.4 is 0 Å². The molecule has 0 aliphatic carbocycles. The summed E-state index contributed by atoms with van der Waals surface area (Å²) in [6, 6.07) is 6.36. The molecule has 0 radical (unpaired) electrons. The summed E-state index contributed by atoms with van der Waals surface area (Å²) < 4.78 is 15.6. The van der Waals surface area contributed by atoms with Crippen molar-refractivity contribution >= 4 is 22.2 Å². The van der Waals surface area contributed by atoms with E-state index >= 15 is 0 Å². The molecule has 0 atom stereocenters. The van der Waals surface area contributed by atoms with Crippen LogP contribution in [0.1, 0.15) is 10.5 Å². The van der Waals surface area contributed by atoms with Gasteiger partial charge in [-0.3, -0.25) is 9.48 Å². The largest absolute Gasteiger partial charge is 0.296 e. The van der Waals surface area contributed by atoms with Gasteiger partial charge in [0, 0.05) is 12.6 Å². The molecule has 0 aliphatic heterocycles. The first kappa shape index (κ1) is 11.0. The van der Waals surface area contributed by atoms with E-state index in [1.165, 1.54) is 10.7 Å². The molecule has 0 saturated carbocycles. The molecule has 0 saturated heterocycles. The van der Waals surface area contributed by atoms with Crippen LogP contribution >= 0.6 is 15.9 Å². The van der Waals surface area contributed by atoms with Gasteiger partial charge in [0.1, 0.15) is 11.5 Å². The quantitative estimate of drug-likeness (QED) is 0.794. The van der Waals surface area contributed by atoms with Crippen molar-refractivity contribution in [1.29, 1.82) is 0 Å². The Morgan fingerprint density at radius 1 is 1.44 bits per heavy atom. The lowest BCUT2D eigenvalue weighted by atomic mass is 10.1. The van der Waals surface area contributed by atoms with Crippen LogP contribution in [-0.4, -0.2) is 16.1 Å². The first-order valence-corrected chi connectivity index (χ1v) is 5.37. The Labute approximate surface area is 100 Å².